The molecule has 0 saturated carbocycles. The summed E-state index contributed by atoms with van der Waals surface area (Å²) in [6.07, 6.45) is 9.01. The normalized spacial score (nSPS) is 25.1. The van der Waals surface area contributed by atoms with Crippen molar-refractivity contribution in [3.63, 3.8) is 0 Å². The summed E-state index contributed by atoms with van der Waals surface area (Å²) < 4.78 is 13.2. The average Bonchev–Trinajstić information content (AvgIpc) is 2.59. The van der Waals surface area contributed by atoms with Crippen molar-refractivity contribution in [3.8, 4) is 0 Å². The van der Waals surface area contributed by atoms with Crippen molar-refractivity contribution >= 4 is 8.32 Å². The molecule has 1 fully saturated rings. The smallest absolute Gasteiger partial charge is 0.200 e. The maximum absolute atomic E-state index is 10.3. The van der Waals surface area contributed by atoms with Crippen molar-refractivity contribution in [1.29, 1.82) is 0 Å². The highest BCUT2D eigenvalue weighted by molar-refractivity contribution is 6.77. The molecular weight excluding hydrogens is 376 g/mol. The van der Waals surface area contributed by atoms with Crippen LogP contribution in [0, 0.1) is 11.8 Å². The van der Waals surface area contributed by atoms with E-state index < -0.39 is 14.4 Å². The highest BCUT2D eigenvalue weighted by Crippen LogP contribution is 2.42. The summed E-state index contributed by atoms with van der Waals surface area (Å²) in [5.74, 6) is 1.20. The quantitative estimate of drug-likeness (QED) is 0.267. The van der Waals surface area contributed by atoms with Crippen molar-refractivity contribution < 1.29 is 14.3 Å². The van der Waals surface area contributed by atoms with Crippen molar-refractivity contribution in [2.45, 2.75) is 129 Å². The molecule has 1 saturated heterocycles. The van der Waals surface area contributed by atoms with Gasteiger partial charge in [0, 0.05) is 13.0 Å². The largest absolute Gasteiger partial charge is 0.416 e. The lowest BCUT2D eigenvalue weighted by Crippen LogP contribution is -2.48. The summed E-state index contributed by atoms with van der Waals surface area (Å²) in [6, 6.07) is 0. The first-order chi connectivity index (χ1) is 13.5. The van der Waals surface area contributed by atoms with Gasteiger partial charge in [-0.05, 0) is 54.1 Å². The van der Waals surface area contributed by atoms with Gasteiger partial charge >= 0.3 is 0 Å². The van der Waals surface area contributed by atoms with Gasteiger partial charge in [-0.15, -0.1) is 0 Å². The highest BCUT2D eigenvalue weighted by atomic mass is 28.4. The summed E-state index contributed by atoms with van der Waals surface area (Å²) in [5, 5.41) is 10.3. The number of hydrogen-bond donors (Lipinski definition) is 1. The fourth-order valence-electron chi connectivity index (χ4n) is 5.32. The second-order valence-electron chi connectivity index (χ2n) is 10.7. The van der Waals surface area contributed by atoms with Crippen LogP contribution in [0.2, 0.25) is 16.6 Å². The first-order valence-corrected chi connectivity index (χ1v) is 14.3. The fraction of sp³-hybridized carbons (Fsp3) is 0.920. The van der Waals surface area contributed by atoms with Gasteiger partial charge in [-0.25, -0.2) is 0 Å². The SMILES string of the molecule is CC(C)C/C=C/[C@H](O)C[C@@H]1CC[C@H](C)[C@@H](CCO[Si](C(C)C)(C(C)C)C(C)C)O1. The molecule has 1 aliphatic rings. The molecular formula is C25H50O3Si. The Morgan fingerprint density at radius 2 is 1.59 bits per heavy atom. The van der Waals surface area contributed by atoms with Gasteiger partial charge in [-0.3, -0.25) is 0 Å². The summed E-state index contributed by atoms with van der Waals surface area (Å²) in [6.45, 7) is 21.6. The van der Waals surface area contributed by atoms with E-state index in [9.17, 15) is 5.11 Å². The standard InChI is InChI=1S/C25H50O3Si/c1-18(2)11-10-12-23(26)17-24-14-13-22(9)25(28-24)15-16-27-29(19(3)4,20(5)6)21(7)8/h10,12,18-26H,11,13-17H2,1-9H3/b12-10+/t22-,23-,24-,25+/m0/s1. The number of hydrogen-bond acceptors (Lipinski definition) is 3. The molecule has 0 bridgehead atoms. The van der Waals surface area contributed by atoms with Gasteiger partial charge in [-0.1, -0.05) is 74.5 Å². The first-order valence-electron chi connectivity index (χ1n) is 12.1. The molecule has 3 nitrogen and oxygen atoms in total. The van der Waals surface area contributed by atoms with Crippen molar-refractivity contribution in [2.75, 3.05) is 6.61 Å². The Labute approximate surface area is 182 Å². The van der Waals surface area contributed by atoms with Crippen molar-refractivity contribution in [2.24, 2.45) is 11.8 Å². The van der Waals surface area contributed by atoms with Gasteiger partial charge in [0.05, 0.1) is 18.3 Å². The van der Waals surface area contributed by atoms with Crippen LogP contribution in [0.5, 0.6) is 0 Å². The third kappa shape index (κ3) is 8.12. The Kier molecular flexibility index (Phi) is 11.7. The summed E-state index contributed by atoms with van der Waals surface area (Å²) in [5.41, 5.74) is 1.85. The van der Waals surface area contributed by atoms with Crippen LogP contribution in [-0.2, 0) is 9.16 Å². The summed E-state index contributed by atoms with van der Waals surface area (Å²) in [4.78, 5) is 0. The predicted octanol–water partition coefficient (Wildman–Crippen LogP) is 7.11. The molecule has 0 radical (unpaired) electrons. The van der Waals surface area contributed by atoms with Gasteiger partial charge in [0.1, 0.15) is 0 Å². The maximum atomic E-state index is 10.3. The maximum Gasteiger partial charge on any atom is 0.200 e. The lowest BCUT2D eigenvalue weighted by molar-refractivity contribution is -0.0967. The van der Waals surface area contributed by atoms with Gasteiger partial charge in [0.15, 0.2) is 8.32 Å². The van der Waals surface area contributed by atoms with E-state index in [1.165, 1.54) is 6.42 Å². The van der Waals surface area contributed by atoms with Crippen LogP contribution < -0.4 is 0 Å². The minimum absolute atomic E-state index is 0.164. The Bertz CT molecular complexity index is 451. The van der Waals surface area contributed by atoms with E-state index >= 15 is 0 Å². The third-order valence-electron chi connectivity index (χ3n) is 6.88. The Morgan fingerprint density at radius 3 is 2.10 bits per heavy atom. The zero-order valence-electron chi connectivity index (χ0n) is 20.8. The molecule has 0 amide bonds. The van der Waals surface area contributed by atoms with Crippen LogP contribution in [-0.4, -0.2) is 38.3 Å². The molecule has 1 heterocycles. The van der Waals surface area contributed by atoms with E-state index in [0.29, 0.717) is 34.9 Å². The number of aliphatic hydroxyl groups is 1. The zero-order chi connectivity index (χ0) is 22.2. The Hall–Kier alpha value is -0.163. The molecule has 1 aliphatic heterocycles. The van der Waals surface area contributed by atoms with E-state index in [0.717, 1.165) is 25.9 Å². The predicted molar refractivity (Wildman–Crippen MR) is 128 cm³/mol. The molecule has 1 rings (SSSR count). The molecule has 0 aliphatic carbocycles. The van der Waals surface area contributed by atoms with Crippen LogP contribution in [0.4, 0.5) is 0 Å². The molecule has 4 heteroatoms. The van der Waals surface area contributed by atoms with Crippen LogP contribution in [0.3, 0.4) is 0 Å². The summed E-state index contributed by atoms with van der Waals surface area (Å²) >= 11 is 0. The van der Waals surface area contributed by atoms with Gasteiger partial charge in [0.2, 0.25) is 0 Å². The van der Waals surface area contributed by atoms with Crippen molar-refractivity contribution in [3.05, 3.63) is 12.2 Å². The van der Waals surface area contributed by atoms with Crippen LogP contribution in [0.15, 0.2) is 12.2 Å². The fourth-order valence-corrected chi connectivity index (χ4v) is 10.8. The lowest BCUT2D eigenvalue weighted by atomic mass is 9.90. The van der Waals surface area contributed by atoms with E-state index in [-0.39, 0.29) is 12.2 Å². The number of ether oxygens (including phenoxy) is 1. The third-order valence-corrected chi connectivity index (χ3v) is 13.0. The van der Waals surface area contributed by atoms with Crippen LogP contribution >= 0.6 is 0 Å². The Morgan fingerprint density at radius 1 is 1.00 bits per heavy atom. The minimum atomic E-state index is -1.81. The second-order valence-corrected chi connectivity index (χ2v) is 16.1. The molecule has 0 aromatic carbocycles. The molecule has 0 aromatic heterocycles. The zero-order valence-corrected chi connectivity index (χ0v) is 21.8. The van der Waals surface area contributed by atoms with Crippen molar-refractivity contribution in [1.82, 2.24) is 0 Å². The molecule has 172 valence electrons. The van der Waals surface area contributed by atoms with Crippen LogP contribution in [0.1, 0.15) is 94.4 Å². The first kappa shape index (κ1) is 26.9. The molecule has 4 atom stereocenters. The van der Waals surface area contributed by atoms with Crippen LogP contribution in [0.25, 0.3) is 0 Å². The van der Waals surface area contributed by atoms with Gasteiger partial charge in [-0.2, -0.15) is 0 Å². The lowest BCUT2D eigenvalue weighted by Gasteiger charge is -2.43. The molecule has 0 aromatic rings. The Balaban J connectivity index is 2.59. The molecule has 1 N–H and O–H groups in total. The van der Waals surface area contributed by atoms with Gasteiger partial charge < -0.3 is 14.3 Å². The van der Waals surface area contributed by atoms with E-state index in [2.05, 4.69) is 68.4 Å². The number of aliphatic hydroxyl groups excluding tert-OH is 1. The second kappa shape index (κ2) is 12.6. The van der Waals surface area contributed by atoms with E-state index in [1.807, 2.05) is 6.08 Å². The monoisotopic (exact) mass is 426 g/mol. The van der Waals surface area contributed by atoms with E-state index in [4.69, 9.17) is 9.16 Å². The minimum Gasteiger partial charge on any atom is -0.416 e. The molecule has 29 heavy (non-hydrogen) atoms. The number of allylic oxidation sites excluding steroid dienone is 1. The summed E-state index contributed by atoms with van der Waals surface area (Å²) in [7, 11) is -1.81. The van der Waals surface area contributed by atoms with E-state index in [1.54, 1.807) is 0 Å². The molecule has 0 unspecified atom stereocenters. The molecule has 0 spiro atoms. The number of rotatable bonds is 12. The topological polar surface area (TPSA) is 38.7 Å². The van der Waals surface area contributed by atoms with Gasteiger partial charge in [0.25, 0.3) is 0 Å². The highest BCUT2D eigenvalue weighted by Gasteiger charge is 2.45. The average molecular weight is 427 g/mol.